The van der Waals surface area contributed by atoms with E-state index in [-0.39, 0.29) is 0 Å². The molecule has 0 spiro atoms. The summed E-state index contributed by atoms with van der Waals surface area (Å²) in [6, 6.07) is 2.03. The Morgan fingerprint density at radius 3 is 3.42 bits per heavy atom. The minimum Gasteiger partial charge on any atom is -0.372 e. The first-order valence-electron chi connectivity index (χ1n) is 3.83. The molecule has 0 saturated heterocycles. The highest BCUT2D eigenvalue weighted by molar-refractivity contribution is 5.51. The van der Waals surface area contributed by atoms with E-state index in [0.29, 0.717) is 13.2 Å². The molecule has 1 aliphatic heterocycles. The van der Waals surface area contributed by atoms with E-state index >= 15 is 0 Å². The van der Waals surface area contributed by atoms with Crippen molar-refractivity contribution in [3.63, 3.8) is 0 Å². The van der Waals surface area contributed by atoms with E-state index in [4.69, 9.17) is 4.74 Å². The fourth-order valence-corrected chi connectivity index (χ4v) is 1.54. The maximum atomic E-state index is 5.31. The van der Waals surface area contributed by atoms with Crippen molar-refractivity contribution in [1.82, 2.24) is 14.6 Å². The van der Waals surface area contributed by atoms with Gasteiger partial charge in [-0.2, -0.15) is 5.10 Å². The van der Waals surface area contributed by atoms with Crippen LogP contribution in [0.15, 0.2) is 18.6 Å². The maximum Gasteiger partial charge on any atom is 0.161 e. The molecule has 2 aromatic rings. The molecule has 0 aliphatic carbocycles. The van der Waals surface area contributed by atoms with Crippen LogP contribution in [0.1, 0.15) is 11.1 Å². The molecular weight excluding hydrogens is 154 g/mol. The average Bonchev–Trinajstić information content (AvgIpc) is 2.71. The third-order valence-electron chi connectivity index (χ3n) is 2.15. The molecule has 0 fully saturated rings. The van der Waals surface area contributed by atoms with E-state index in [9.17, 15) is 0 Å². The second-order valence-corrected chi connectivity index (χ2v) is 2.84. The van der Waals surface area contributed by atoms with Crippen LogP contribution < -0.4 is 0 Å². The van der Waals surface area contributed by atoms with Gasteiger partial charge in [0.05, 0.1) is 13.2 Å². The molecule has 0 saturated carbocycles. The van der Waals surface area contributed by atoms with E-state index in [1.165, 1.54) is 11.1 Å². The normalized spacial score (nSPS) is 15.3. The summed E-state index contributed by atoms with van der Waals surface area (Å²) in [7, 11) is 0. The lowest BCUT2D eigenvalue weighted by Crippen LogP contribution is -1.92. The lowest BCUT2D eigenvalue weighted by Gasteiger charge is -1.96. The number of ether oxygens (including phenoxy) is 1. The van der Waals surface area contributed by atoms with Crippen molar-refractivity contribution in [3.8, 4) is 0 Å². The van der Waals surface area contributed by atoms with Crippen LogP contribution in [0.25, 0.3) is 5.65 Å². The molecule has 0 atom stereocenters. The minimum atomic E-state index is 0.665. The summed E-state index contributed by atoms with van der Waals surface area (Å²) in [5.41, 5.74) is 3.33. The summed E-state index contributed by atoms with van der Waals surface area (Å²) >= 11 is 0. The summed E-state index contributed by atoms with van der Waals surface area (Å²) in [5.74, 6) is 0. The molecule has 0 radical (unpaired) electrons. The van der Waals surface area contributed by atoms with Gasteiger partial charge in [0, 0.05) is 11.8 Å². The Balaban J connectivity index is 2.46. The molecule has 4 heteroatoms. The summed E-state index contributed by atoms with van der Waals surface area (Å²) in [6.07, 6.45) is 3.48. The van der Waals surface area contributed by atoms with Gasteiger partial charge in [-0.25, -0.2) is 9.50 Å². The number of hydrogen-bond donors (Lipinski definition) is 0. The van der Waals surface area contributed by atoms with E-state index in [0.717, 1.165) is 5.65 Å². The predicted molar refractivity (Wildman–Crippen MR) is 41.5 cm³/mol. The van der Waals surface area contributed by atoms with Crippen LogP contribution in [-0.4, -0.2) is 14.6 Å². The number of hydrogen-bond acceptors (Lipinski definition) is 3. The molecule has 1 aliphatic rings. The van der Waals surface area contributed by atoms with Gasteiger partial charge in [-0.15, -0.1) is 0 Å². The van der Waals surface area contributed by atoms with E-state index < -0.39 is 0 Å². The molecule has 2 aromatic heterocycles. The fraction of sp³-hybridized carbons (Fsp3) is 0.250. The molecular formula is C8H7N3O. The molecule has 0 aromatic carbocycles. The molecule has 0 amide bonds. The Morgan fingerprint density at radius 1 is 1.42 bits per heavy atom. The van der Waals surface area contributed by atoms with Crippen molar-refractivity contribution >= 4 is 5.65 Å². The van der Waals surface area contributed by atoms with Gasteiger partial charge >= 0.3 is 0 Å². The zero-order valence-corrected chi connectivity index (χ0v) is 6.40. The van der Waals surface area contributed by atoms with Crippen LogP contribution in [0.5, 0.6) is 0 Å². The molecule has 60 valence electrons. The van der Waals surface area contributed by atoms with Crippen molar-refractivity contribution < 1.29 is 4.74 Å². The summed E-state index contributed by atoms with van der Waals surface area (Å²) in [5, 5.41) is 4.05. The molecule has 0 bridgehead atoms. The topological polar surface area (TPSA) is 39.4 Å². The van der Waals surface area contributed by atoms with Crippen LogP contribution in [-0.2, 0) is 18.0 Å². The maximum absolute atomic E-state index is 5.31. The Morgan fingerprint density at radius 2 is 2.42 bits per heavy atom. The summed E-state index contributed by atoms with van der Waals surface area (Å²) < 4.78 is 7.08. The summed E-state index contributed by atoms with van der Waals surface area (Å²) in [4.78, 5) is 4.16. The van der Waals surface area contributed by atoms with Crippen LogP contribution in [0.4, 0.5) is 0 Å². The highest BCUT2D eigenvalue weighted by Crippen LogP contribution is 2.21. The van der Waals surface area contributed by atoms with Gasteiger partial charge in [0.2, 0.25) is 0 Å². The number of nitrogens with zero attached hydrogens (tertiary/aromatic N) is 3. The monoisotopic (exact) mass is 161 g/mol. The zero-order valence-electron chi connectivity index (χ0n) is 6.40. The van der Waals surface area contributed by atoms with Crippen molar-refractivity contribution in [2.75, 3.05) is 0 Å². The lowest BCUT2D eigenvalue weighted by molar-refractivity contribution is 0.135. The number of aromatic nitrogens is 3. The van der Waals surface area contributed by atoms with Crippen molar-refractivity contribution in [2.45, 2.75) is 13.2 Å². The predicted octanol–water partition coefficient (Wildman–Crippen LogP) is 0.759. The minimum absolute atomic E-state index is 0.665. The summed E-state index contributed by atoms with van der Waals surface area (Å²) in [6.45, 7) is 1.37. The van der Waals surface area contributed by atoms with Crippen LogP contribution in [0.3, 0.4) is 0 Å². The van der Waals surface area contributed by atoms with Crippen LogP contribution in [0.2, 0.25) is 0 Å². The Labute approximate surface area is 68.8 Å². The Hall–Kier alpha value is -1.42. The van der Waals surface area contributed by atoms with Gasteiger partial charge in [-0.05, 0) is 11.6 Å². The zero-order chi connectivity index (χ0) is 7.97. The smallest absolute Gasteiger partial charge is 0.161 e. The van der Waals surface area contributed by atoms with Gasteiger partial charge < -0.3 is 4.74 Å². The third-order valence-corrected chi connectivity index (χ3v) is 2.15. The van der Waals surface area contributed by atoms with Gasteiger partial charge in [-0.3, -0.25) is 0 Å². The van der Waals surface area contributed by atoms with Crippen molar-refractivity contribution in [2.24, 2.45) is 0 Å². The van der Waals surface area contributed by atoms with Crippen LogP contribution >= 0.6 is 0 Å². The third kappa shape index (κ3) is 0.648. The van der Waals surface area contributed by atoms with E-state index in [1.807, 2.05) is 12.3 Å². The SMILES string of the molecule is c1nc2c3c(ccn2n1)COC3. The molecule has 4 nitrogen and oxygen atoms in total. The molecule has 12 heavy (non-hydrogen) atoms. The Kier molecular flexibility index (Phi) is 1.04. The fourth-order valence-electron chi connectivity index (χ4n) is 1.54. The van der Waals surface area contributed by atoms with E-state index in [2.05, 4.69) is 10.1 Å². The van der Waals surface area contributed by atoms with Gasteiger partial charge in [0.15, 0.2) is 5.65 Å². The first-order chi connectivity index (χ1) is 5.95. The van der Waals surface area contributed by atoms with Crippen molar-refractivity contribution in [1.29, 1.82) is 0 Å². The molecule has 3 rings (SSSR count). The van der Waals surface area contributed by atoms with Gasteiger partial charge in [-0.1, -0.05) is 0 Å². The lowest BCUT2D eigenvalue weighted by atomic mass is 10.2. The molecule has 0 N–H and O–H groups in total. The number of pyridine rings is 1. The highest BCUT2D eigenvalue weighted by Gasteiger charge is 2.15. The number of fused-ring (bicyclic) bond motifs is 3. The standard InChI is InChI=1S/C8H7N3O/c1-2-11-8(9-5-10-11)7-4-12-3-6(1)7/h1-2,5H,3-4H2. The molecule has 3 heterocycles. The largest absolute Gasteiger partial charge is 0.372 e. The first-order valence-corrected chi connectivity index (χ1v) is 3.83. The second kappa shape index (κ2) is 2.04. The van der Waals surface area contributed by atoms with E-state index in [1.54, 1.807) is 10.8 Å². The number of rotatable bonds is 0. The van der Waals surface area contributed by atoms with Crippen molar-refractivity contribution in [3.05, 3.63) is 29.7 Å². The first kappa shape index (κ1) is 6.14. The highest BCUT2D eigenvalue weighted by atomic mass is 16.5. The quantitative estimate of drug-likeness (QED) is 0.572. The van der Waals surface area contributed by atoms with Gasteiger partial charge in [0.1, 0.15) is 6.33 Å². The second-order valence-electron chi connectivity index (χ2n) is 2.84. The van der Waals surface area contributed by atoms with Gasteiger partial charge in [0.25, 0.3) is 0 Å². The van der Waals surface area contributed by atoms with Crippen LogP contribution in [0, 0.1) is 0 Å². The Bertz CT molecular complexity index is 435. The molecule has 0 unspecified atom stereocenters. The average molecular weight is 161 g/mol.